The maximum absolute atomic E-state index is 5.69. The summed E-state index contributed by atoms with van der Waals surface area (Å²) in [5.41, 5.74) is 1.11. The zero-order valence-electron chi connectivity index (χ0n) is 11.6. The number of ether oxygens (including phenoxy) is 2. The van der Waals surface area contributed by atoms with Crippen molar-refractivity contribution < 1.29 is 9.47 Å². The first-order chi connectivity index (χ1) is 8.67. The molecule has 3 unspecified atom stereocenters. The molecule has 18 heavy (non-hydrogen) atoms. The largest absolute Gasteiger partial charge is 0.493 e. The molecular formula is C13H23N3O2. The van der Waals surface area contributed by atoms with E-state index in [9.17, 15) is 0 Å². The van der Waals surface area contributed by atoms with E-state index in [1.165, 1.54) is 0 Å². The maximum Gasteiger partial charge on any atom is 0.161 e. The summed E-state index contributed by atoms with van der Waals surface area (Å²) in [6.07, 6.45) is 3.20. The summed E-state index contributed by atoms with van der Waals surface area (Å²) in [7, 11) is 3.65. The Kier molecular flexibility index (Phi) is 4.24. The van der Waals surface area contributed by atoms with E-state index < -0.39 is 0 Å². The van der Waals surface area contributed by atoms with Gasteiger partial charge in [-0.05, 0) is 19.9 Å². The third-order valence-corrected chi connectivity index (χ3v) is 3.59. The van der Waals surface area contributed by atoms with Crippen molar-refractivity contribution in [2.75, 3.05) is 20.3 Å². The van der Waals surface area contributed by atoms with Crippen LogP contribution in [0.3, 0.4) is 0 Å². The summed E-state index contributed by atoms with van der Waals surface area (Å²) in [5.74, 6) is 1.33. The van der Waals surface area contributed by atoms with Gasteiger partial charge in [0.1, 0.15) is 0 Å². The van der Waals surface area contributed by atoms with Gasteiger partial charge in [-0.25, -0.2) is 0 Å². The van der Waals surface area contributed by atoms with Gasteiger partial charge in [0, 0.05) is 13.0 Å². The predicted molar refractivity (Wildman–Crippen MR) is 69.7 cm³/mol. The number of methoxy groups -OCH3 is 1. The Morgan fingerprint density at radius 2 is 2.44 bits per heavy atom. The number of aryl methyl sites for hydroxylation is 1. The first-order valence-corrected chi connectivity index (χ1v) is 6.58. The van der Waals surface area contributed by atoms with Crippen LogP contribution in [0.25, 0.3) is 0 Å². The Labute approximate surface area is 108 Å². The van der Waals surface area contributed by atoms with Crippen molar-refractivity contribution >= 4 is 0 Å². The molecular weight excluding hydrogens is 230 g/mol. The van der Waals surface area contributed by atoms with Crippen LogP contribution in [0.4, 0.5) is 0 Å². The van der Waals surface area contributed by atoms with Gasteiger partial charge in [0.25, 0.3) is 0 Å². The summed E-state index contributed by atoms with van der Waals surface area (Å²) in [6, 6.07) is 0.238. The van der Waals surface area contributed by atoms with Crippen LogP contribution < -0.4 is 10.1 Å². The van der Waals surface area contributed by atoms with Crippen molar-refractivity contribution in [2.45, 2.75) is 32.4 Å². The number of hydrogen-bond acceptors (Lipinski definition) is 4. The molecule has 0 saturated carbocycles. The van der Waals surface area contributed by atoms with Crippen molar-refractivity contribution in [2.24, 2.45) is 13.0 Å². The normalized spacial score (nSPS) is 25.3. The molecule has 0 spiro atoms. The molecule has 1 N–H and O–H groups in total. The average Bonchev–Trinajstić information content (AvgIpc) is 2.93. The smallest absolute Gasteiger partial charge is 0.161 e. The van der Waals surface area contributed by atoms with Gasteiger partial charge in [-0.1, -0.05) is 6.92 Å². The maximum atomic E-state index is 5.69. The summed E-state index contributed by atoms with van der Waals surface area (Å²) in [6.45, 7) is 5.97. The van der Waals surface area contributed by atoms with Crippen LogP contribution in [0, 0.1) is 5.92 Å². The second-order valence-corrected chi connectivity index (χ2v) is 4.90. The van der Waals surface area contributed by atoms with Crippen LogP contribution in [-0.2, 0) is 11.8 Å². The molecule has 2 heterocycles. The second-order valence-electron chi connectivity index (χ2n) is 4.90. The molecule has 0 aromatic carbocycles. The van der Waals surface area contributed by atoms with Crippen molar-refractivity contribution in [3.63, 3.8) is 0 Å². The second kappa shape index (κ2) is 5.71. The zero-order chi connectivity index (χ0) is 13.1. The van der Waals surface area contributed by atoms with E-state index in [1.807, 2.05) is 11.7 Å². The molecule has 0 aliphatic carbocycles. The third kappa shape index (κ3) is 2.52. The van der Waals surface area contributed by atoms with Gasteiger partial charge in [0.05, 0.1) is 37.8 Å². The zero-order valence-corrected chi connectivity index (χ0v) is 11.6. The highest BCUT2D eigenvalue weighted by Gasteiger charge is 2.33. The molecule has 1 fully saturated rings. The molecule has 5 heteroatoms. The lowest BCUT2D eigenvalue weighted by atomic mass is 9.94. The summed E-state index contributed by atoms with van der Waals surface area (Å²) in [4.78, 5) is 0. The fourth-order valence-corrected chi connectivity index (χ4v) is 2.73. The standard InChI is InChI=1S/C13H23N3O2/c1-5-14-12(10-6-9(2)18-8-10)13-11(17-4)7-15-16(13)3/h7,9-10,12,14H,5-6,8H2,1-4H3. The predicted octanol–water partition coefficient (Wildman–Crippen LogP) is 1.50. The van der Waals surface area contributed by atoms with E-state index in [0.29, 0.717) is 12.0 Å². The van der Waals surface area contributed by atoms with E-state index in [4.69, 9.17) is 9.47 Å². The summed E-state index contributed by atoms with van der Waals surface area (Å²) >= 11 is 0. The summed E-state index contributed by atoms with van der Waals surface area (Å²) < 4.78 is 13.0. The molecule has 5 nitrogen and oxygen atoms in total. The third-order valence-electron chi connectivity index (χ3n) is 3.59. The van der Waals surface area contributed by atoms with Crippen LogP contribution >= 0.6 is 0 Å². The SMILES string of the molecule is CCNC(c1c(OC)cnn1C)C1COC(C)C1. The van der Waals surface area contributed by atoms with E-state index in [0.717, 1.165) is 31.0 Å². The lowest BCUT2D eigenvalue weighted by Crippen LogP contribution is -2.30. The van der Waals surface area contributed by atoms with Crippen LogP contribution in [0.2, 0.25) is 0 Å². The van der Waals surface area contributed by atoms with Gasteiger partial charge in [0.2, 0.25) is 0 Å². The molecule has 0 bridgehead atoms. The van der Waals surface area contributed by atoms with Crippen molar-refractivity contribution in [1.82, 2.24) is 15.1 Å². The van der Waals surface area contributed by atoms with Gasteiger partial charge >= 0.3 is 0 Å². The number of hydrogen-bond donors (Lipinski definition) is 1. The molecule has 2 rings (SSSR count). The lowest BCUT2D eigenvalue weighted by Gasteiger charge is -2.24. The van der Waals surface area contributed by atoms with E-state index in [2.05, 4.69) is 24.3 Å². The molecule has 0 amide bonds. The van der Waals surface area contributed by atoms with E-state index in [-0.39, 0.29) is 6.04 Å². The topological polar surface area (TPSA) is 48.3 Å². The minimum Gasteiger partial charge on any atom is -0.493 e. The Hall–Kier alpha value is -1.07. The van der Waals surface area contributed by atoms with Crippen LogP contribution in [0.15, 0.2) is 6.20 Å². The van der Waals surface area contributed by atoms with Crippen LogP contribution in [-0.4, -0.2) is 36.1 Å². The molecule has 1 aromatic rings. The number of aromatic nitrogens is 2. The van der Waals surface area contributed by atoms with Gasteiger partial charge in [0.15, 0.2) is 5.75 Å². The lowest BCUT2D eigenvalue weighted by molar-refractivity contribution is 0.116. The molecule has 102 valence electrons. The Morgan fingerprint density at radius 1 is 1.67 bits per heavy atom. The quantitative estimate of drug-likeness (QED) is 0.864. The molecule has 3 atom stereocenters. The van der Waals surface area contributed by atoms with Crippen LogP contribution in [0.5, 0.6) is 5.75 Å². The van der Waals surface area contributed by atoms with Crippen LogP contribution in [0.1, 0.15) is 32.0 Å². The highest BCUT2D eigenvalue weighted by atomic mass is 16.5. The molecule has 0 radical (unpaired) electrons. The highest BCUT2D eigenvalue weighted by Crippen LogP contribution is 2.35. The Bertz CT molecular complexity index is 392. The number of nitrogens with one attached hydrogen (secondary N) is 1. The highest BCUT2D eigenvalue weighted by molar-refractivity contribution is 5.29. The first-order valence-electron chi connectivity index (χ1n) is 6.58. The van der Waals surface area contributed by atoms with Gasteiger partial charge in [-0.15, -0.1) is 0 Å². The number of rotatable bonds is 5. The van der Waals surface area contributed by atoms with Crippen molar-refractivity contribution in [1.29, 1.82) is 0 Å². The minimum atomic E-state index is 0.238. The molecule has 1 saturated heterocycles. The molecule has 1 aliphatic heterocycles. The van der Waals surface area contributed by atoms with E-state index in [1.54, 1.807) is 13.3 Å². The first kappa shape index (κ1) is 13.4. The Balaban J connectivity index is 2.26. The fourth-order valence-electron chi connectivity index (χ4n) is 2.73. The monoisotopic (exact) mass is 253 g/mol. The Morgan fingerprint density at radius 3 is 3.00 bits per heavy atom. The number of nitrogens with zero attached hydrogens (tertiary/aromatic N) is 2. The minimum absolute atomic E-state index is 0.238. The fraction of sp³-hybridized carbons (Fsp3) is 0.769. The summed E-state index contributed by atoms with van der Waals surface area (Å²) in [5, 5.41) is 7.83. The van der Waals surface area contributed by atoms with Crippen molar-refractivity contribution in [3.8, 4) is 5.75 Å². The molecule has 1 aromatic heterocycles. The van der Waals surface area contributed by atoms with Crippen molar-refractivity contribution in [3.05, 3.63) is 11.9 Å². The molecule has 1 aliphatic rings. The van der Waals surface area contributed by atoms with Gasteiger partial charge < -0.3 is 14.8 Å². The van der Waals surface area contributed by atoms with E-state index >= 15 is 0 Å². The van der Waals surface area contributed by atoms with Gasteiger partial charge in [-0.2, -0.15) is 5.10 Å². The average molecular weight is 253 g/mol. The van der Waals surface area contributed by atoms with Gasteiger partial charge in [-0.3, -0.25) is 4.68 Å².